The van der Waals surface area contributed by atoms with Crippen LogP contribution in [0, 0.1) is 5.92 Å². The van der Waals surface area contributed by atoms with Crippen molar-refractivity contribution in [3.63, 3.8) is 0 Å². The quantitative estimate of drug-likeness (QED) is 0.835. The van der Waals surface area contributed by atoms with Crippen LogP contribution in [0.4, 0.5) is 0 Å². The second-order valence-electron chi connectivity index (χ2n) is 5.11. The highest BCUT2D eigenvalue weighted by molar-refractivity contribution is 7.10. The number of benzene rings is 1. The molecule has 2 nitrogen and oxygen atoms in total. The molecule has 0 spiro atoms. The molecule has 1 heterocycles. The fourth-order valence-corrected chi connectivity index (χ4v) is 3.14. The minimum absolute atomic E-state index is 0.329. The smallest absolute Gasteiger partial charge is 0.115 e. The van der Waals surface area contributed by atoms with Crippen molar-refractivity contribution in [1.29, 1.82) is 0 Å². The van der Waals surface area contributed by atoms with Gasteiger partial charge in [-0.3, -0.25) is 0 Å². The molecule has 0 radical (unpaired) electrons. The summed E-state index contributed by atoms with van der Waals surface area (Å²) in [4.78, 5) is 1.40. The van der Waals surface area contributed by atoms with Gasteiger partial charge < -0.3 is 10.4 Å². The second-order valence-corrected chi connectivity index (χ2v) is 6.09. The number of hydrogen-bond acceptors (Lipinski definition) is 3. The van der Waals surface area contributed by atoms with Crippen molar-refractivity contribution in [3.8, 4) is 5.75 Å². The van der Waals surface area contributed by atoms with Crippen LogP contribution in [0.3, 0.4) is 0 Å². The van der Waals surface area contributed by atoms with Gasteiger partial charge >= 0.3 is 0 Å². The summed E-state index contributed by atoms with van der Waals surface area (Å²) in [7, 11) is 0. The van der Waals surface area contributed by atoms with E-state index >= 15 is 0 Å². The maximum Gasteiger partial charge on any atom is 0.115 e. The van der Waals surface area contributed by atoms with Crippen LogP contribution in [-0.4, -0.2) is 11.7 Å². The lowest BCUT2D eigenvalue weighted by Crippen LogP contribution is -2.27. The molecule has 0 saturated heterocycles. The van der Waals surface area contributed by atoms with Gasteiger partial charge in [0.2, 0.25) is 0 Å². The molecular weight excluding hydrogens is 254 g/mol. The molecule has 0 bridgehead atoms. The summed E-state index contributed by atoms with van der Waals surface area (Å²) in [5.74, 6) is 0.911. The van der Waals surface area contributed by atoms with Crippen molar-refractivity contribution in [3.05, 3.63) is 52.2 Å². The van der Waals surface area contributed by atoms with Crippen LogP contribution in [0.25, 0.3) is 0 Å². The zero-order chi connectivity index (χ0) is 13.7. The van der Waals surface area contributed by atoms with Gasteiger partial charge in [-0.1, -0.05) is 32.0 Å². The molecule has 0 aliphatic heterocycles. The van der Waals surface area contributed by atoms with Crippen LogP contribution >= 0.6 is 11.3 Å². The molecular formula is C16H21NOS. The molecule has 0 aliphatic rings. The molecule has 1 aromatic heterocycles. The van der Waals surface area contributed by atoms with Crippen LogP contribution in [0.2, 0.25) is 0 Å². The molecule has 0 amide bonds. The Morgan fingerprint density at radius 3 is 2.47 bits per heavy atom. The fourth-order valence-electron chi connectivity index (χ4n) is 2.17. The van der Waals surface area contributed by atoms with Gasteiger partial charge in [-0.05, 0) is 48.0 Å². The zero-order valence-corrected chi connectivity index (χ0v) is 12.3. The van der Waals surface area contributed by atoms with Crippen molar-refractivity contribution < 1.29 is 5.11 Å². The Kier molecular flexibility index (Phi) is 5.00. The van der Waals surface area contributed by atoms with Crippen LogP contribution in [0.15, 0.2) is 41.8 Å². The number of phenolic OH excluding ortho intramolecular Hbond substituents is 1. The predicted molar refractivity (Wildman–Crippen MR) is 81.7 cm³/mol. The van der Waals surface area contributed by atoms with Crippen molar-refractivity contribution in [2.75, 3.05) is 6.54 Å². The average Bonchev–Trinajstić information content (AvgIpc) is 2.90. The Morgan fingerprint density at radius 1 is 1.16 bits per heavy atom. The van der Waals surface area contributed by atoms with Crippen molar-refractivity contribution in [2.45, 2.75) is 26.3 Å². The molecule has 1 unspecified atom stereocenters. The molecule has 2 N–H and O–H groups in total. The minimum atomic E-state index is 0.329. The SMILES string of the molecule is CC(C)C(NCCc1ccc(O)cc1)c1cccs1. The van der Waals surface area contributed by atoms with E-state index in [4.69, 9.17) is 0 Å². The van der Waals surface area contributed by atoms with Crippen LogP contribution in [0.5, 0.6) is 5.75 Å². The maximum atomic E-state index is 9.25. The van der Waals surface area contributed by atoms with Gasteiger partial charge in [0.25, 0.3) is 0 Å². The van der Waals surface area contributed by atoms with Crippen LogP contribution in [-0.2, 0) is 6.42 Å². The largest absolute Gasteiger partial charge is 0.508 e. The number of rotatable bonds is 6. The number of nitrogens with one attached hydrogen (secondary N) is 1. The topological polar surface area (TPSA) is 32.3 Å². The molecule has 1 atom stereocenters. The van der Waals surface area contributed by atoms with E-state index in [1.54, 1.807) is 12.1 Å². The van der Waals surface area contributed by atoms with E-state index in [1.807, 2.05) is 23.5 Å². The predicted octanol–water partition coefficient (Wildman–Crippen LogP) is 3.98. The van der Waals surface area contributed by atoms with Crippen molar-refractivity contribution in [1.82, 2.24) is 5.32 Å². The molecule has 2 rings (SSSR count). The number of thiophene rings is 1. The van der Waals surface area contributed by atoms with E-state index in [0.29, 0.717) is 17.7 Å². The molecule has 2 aromatic rings. The second kappa shape index (κ2) is 6.73. The fraction of sp³-hybridized carbons (Fsp3) is 0.375. The van der Waals surface area contributed by atoms with E-state index < -0.39 is 0 Å². The van der Waals surface area contributed by atoms with Gasteiger partial charge in [-0.15, -0.1) is 11.3 Å². The summed E-state index contributed by atoms with van der Waals surface area (Å²) in [6.07, 6.45) is 0.981. The third-order valence-electron chi connectivity index (χ3n) is 3.23. The lowest BCUT2D eigenvalue weighted by atomic mass is 10.0. The van der Waals surface area contributed by atoms with E-state index in [0.717, 1.165) is 13.0 Å². The van der Waals surface area contributed by atoms with E-state index in [2.05, 4.69) is 36.7 Å². The lowest BCUT2D eigenvalue weighted by Gasteiger charge is -2.21. The summed E-state index contributed by atoms with van der Waals surface area (Å²) in [6.45, 7) is 5.45. The van der Waals surface area contributed by atoms with E-state index in [-0.39, 0.29) is 0 Å². The van der Waals surface area contributed by atoms with E-state index in [9.17, 15) is 5.11 Å². The highest BCUT2D eigenvalue weighted by Gasteiger charge is 2.15. The summed E-state index contributed by atoms with van der Waals surface area (Å²) >= 11 is 1.81. The maximum absolute atomic E-state index is 9.25. The first kappa shape index (κ1) is 14.1. The third-order valence-corrected chi connectivity index (χ3v) is 4.19. The highest BCUT2D eigenvalue weighted by Crippen LogP contribution is 2.25. The monoisotopic (exact) mass is 275 g/mol. The summed E-state index contributed by atoms with van der Waals surface area (Å²) in [5.41, 5.74) is 1.25. The Bertz CT molecular complexity index is 476. The van der Waals surface area contributed by atoms with Crippen molar-refractivity contribution >= 4 is 11.3 Å². The third kappa shape index (κ3) is 4.08. The van der Waals surface area contributed by atoms with Gasteiger partial charge in [-0.2, -0.15) is 0 Å². The Balaban J connectivity index is 1.88. The Hall–Kier alpha value is -1.32. The molecule has 0 aliphatic carbocycles. The molecule has 102 valence electrons. The van der Waals surface area contributed by atoms with Crippen LogP contribution in [0.1, 0.15) is 30.3 Å². The molecule has 3 heteroatoms. The summed E-state index contributed by atoms with van der Waals surface area (Å²) in [6, 6.07) is 12.2. The summed E-state index contributed by atoms with van der Waals surface area (Å²) < 4.78 is 0. The zero-order valence-electron chi connectivity index (χ0n) is 11.5. The van der Waals surface area contributed by atoms with Gasteiger partial charge in [-0.25, -0.2) is 0 Å². The van der Waals surface area contributed by atoms with Gasteiger partial charge in [0, 0.05) is 10.9 Å². The van der Waals surface area contributed by atoms with Gasteiger partial charge in [0.1, 0.15) is 5.75 Å². The standard InChI is InChI=1S/C16H21NOS/c1-12(2)16(15-4-3-11-19-15)17-10-9-13-5-7-14(18)8-6-13/h3-8,11-12,16-18H,9-10H2,1-2H3. The summed E-state index contributed by atoms with van der Waals surface area (Å²) in [5, 5.41) is 15.0. The number of hydrogen-bond donors (Lipinski definition) is 2. The Labute approximate surface area is 119 Å². The van der Waals surface area contributed by atoms with Gasteiger partial charge in [0.05, 0.1) is 0 Å². The number of phenols is 1. The molecule has 19 heavy (non-hydrogen) atoms. The Morgan fingerprint density at radius 2 is 1.89 bits per heavy atom. The average molecular weight is 275 g/mol. The molecule has 0 fully saturated rings. The van der Waals surface area contributed by atoms with E-state index in [1.165, 1.54) is 10.4 Å². The minimum Gasteiger partial charge on any atom is -0.508 e. The van der Waals surface area contributed by atoms with Crippen molar-refractivity contribution in [2.24, 2.45) is 5.92 Å². The number of aromatic hydroxyl groups is 1. The normalized spacial score (nSPS) is 12.8. The first-order valence-electron chi connectivity index (χ1n) is 6.71. The van der Waals surface area contributed by atoms with Crippen LogP contribution < -0.4 is 5.32 Å². The first-order chi connectivity index (χ1) is 9.16. The molecule has 1 aromatic carbocycles. The first-order valence-corrected chi connectivity index (χ1v) is 7.59. The molecule has 0 saturated carbocycles. The van der Waals surface area contributed by atoms with Gasteiger partial charge in [0.15, 0.2) is 0 Å². The highest BCUT2D eigenvalue weighted by atomic mass is 32.1. The lowest BCUT2D eigenvalue weighted by molar-refractivity contribution is 0.420.